The van der Waals surface area contributed by atoms with Crippen molar-refractivity contribution in [2.24, 2.45) is 0 Å². The van der Waals surface area contributed by atoms with E-state index < -0.39 is 17.7 Å². The van der Waals surface area contributed by atoms with Crippen LogP contribution in [0.1, 0.15) is 43.9 Å². The maximum atomic E-state index is 13.2. The molecule has 164 valence electrons. The zero-order chi connectivity index (χ0) is 22.4. The van der Waals surface area contributed by atoms with Gasteiger partial charge in [0.15, 0.2) is 23.0 Å². The Labute approximate surface area is 183 Å². The van der Waals surface area contributed by atoms with Crippen LogP contribution in [0.25, 0.3) is 0 Å². The number of ether oxygens (including phenoxy) is 2. The topological polar surface area (TPSA) is 76.1 Å². The summed E-state index contributed by atoms with van der Waals surface area (Å²) in [7, 11) is 1.56. The molecule has 0 saturated heterocycles. The summed E-state index contributed by atoms with van der Waals surface area (Å²) in [5.41, 5.74) is 1.89. The van der Waals surface area contributed by atoms with Crippen LogP contribution in [0.15, 0.2) is 59.9 Å². The van der Waals surface area contributed by atoms with Gasteiger partial charge < -0.3 is 19.5 Å². The van der Waals surface area contributed by atoms with E-state index in [2.05, 4.69) is 0 Å². The Bertz CT molecular complexity index is 967. The maximum Gasteiger partial charge on any atom is 0.290 e. The molecule has 6 heteroatoms. The Morgan fingerprint density at radius 3 is 2.48 bits per heavy atom. The molecule has 1 amide bonds. The van der Waals surface area contributed by atoms with E-state index in [0.717, 1.165) is 5.56 Å². The average Bonchev–Trinajstić information content (AvgIpc) is 3.04. The lowest BCUT2D eigenvalue weighted by Gasteiger charge is -2.27. The van der Waals surface area contributed by atoms with Crippen molar-refractivity contribution in [2.45, 2.75) is 39.2 Å². The van der Waals surface area contributed by atoms with E-state index in [1.165, 1.54) is 0 Å². The molecular formula is C25H29NO5. The molecule has 1 unspecified atom stereocenters. The minimum atomic E-state index is -0.652. The average molecular weight is 424 g/mol. The molecular weight excluding hydrogens is 394 g/mol. The molecule has 1 aliphatic rings. The van der Waals surface area contributed by atoms with Crippen molar-refractivity contribution in [1.29, 1.82) is 0 Å². The largest absolute Gasteiger partial charge is 0.503 e. The van der Waals surface area contributed by atoms with E-state index in [1.54, 1.807) is 24.1 Å². The summed E-state index contributed by atoms with van der Waals surface area (Å²) in [5, 5.41) is 10.6. The first-order valence-corrected chi connectivity index (χ1v) is 10.6. The van der Waals surface area contributed by atoms with Gasteiger partial charge in [0.1, 0.15) is 0 Å². The summed E-state index contributed by atoms with van der Waals surface area (Å²) in [6.45, 7) is 4.71. The molecule has 0 bridgehead atoms. The maximum absolute atomic E-state index is 13.2. The predicted molar refractivity (Wildman–Crippen MR) is 118 cm³/mol. The third kappa shape index (κ3) is 4.74. The predicted octanol–water partition coefficient (Wildman–Crippen LogP) is 4.40. The van der Waals surface area contributed by atoms with Gasteiger partial charge in [-0.2, -0.15) is 0 Å². The minimum absolute atomic E-state index is 0.155. The number of carbonyl (C=O) groups excluding carboxylic acids is 2. The third-order valence-electron chi connectivity index (χ3n) is 5.36. The summed E-state index contributed by atoms with van der Waals surface area (Å²) in [5.74, 6) is -0.0861. The number of ketones is 1. The van der Waals surface area contributed by atoms with Crippen LogP contribution >= 0.6 is 0 Å². The van der Waals surface area contributed by atoms with Crippen LogP contribution in [0.3, 0.4) is 0 Å². The fourth-order valence-corrected chi connectivity index (χ4v) is 3.93. The second kappa shape index (κ2) is 10.2. The zero-order valence-electron chi connectivity index (χ0n) is 18.3. The number of aliphatic hydroxyl groups is 1. The summed E-state index contributed by atoms with van der Waals surface area (Å²) in [6.07, 6.45) is 1.45. The number of hydrogen-bond acceptors (Lipinski definition) is 5. The van der Waals surface area contributed by atoms with Gasteiger partial charge in [0.05, 0.1) is 25.3 Å². The third-order valence-corrected chi connectivity index (χ3v) is 5.36. The van der Waals surface area contributed by atoms with Gasteiger partial charge in [-0.25, -0.2) is 0 Å². The number of hydrogen-bond donors (Lipinski definition) is 1. The van der Waals surface area contributed by atoms with Crippen LogP contribution in [0, 0.1) is 0 Å². The zero-order valence-corrected chi connectivity index (χ0v) is 18.3. The first-order chi connectivity index (χ1) is 15.0. The highest BCUT2D eigenvalue weighted by Crippen LogP contribution is 2.41. The van der Waals surface area contributed by atoms with Crippen molar-refractivity contribution in [2.75, 3.05) is 20.3 Å². The number of amides is 1. The lowest BCUT2D eigenvalue weighted by Crippen LogP contribution is -2.31. The Kier molecular flexibility index (Phi) is 7.34. The summed E-state index contributed by atoms with van der Waals surface area (Å²) >= 11 is 0. The van der Waals surface area contributed by atoms with Crippen molar-refractivity contribution >= 4 is 11.7 Å². The standard InChI is InChI=1S/C25H29NO5/c1-4-15-26-23(18-12-14-20(30-3)21(16-18)31-5-2)22(24(28)25(26)29)19(27)13-11-17-9-7-6-8-10-17/h6-10,12,14,16,23,28H,4-5,11,13,15H2,1-3H3. The van der Waals surface area contributed by atoms with E-state index in [-0.39, 0.29) is 17.8 Å². The van der Waals surface area contributed by atoms with Crippen LogP contribution in [-0.4, -0.2) is 42.0 Å². The van der Waals surface area contributed by atoms with Crippen molar-refractivity contribution in [3.63, 3.8) is 0 Å². The van der Waals surface area contributed by atoms with Crippen LogP contribution in [0.4, 0.5) is 0 Å². The van der Waals surface area contributed by atoms with E-state index in [1.807, 2.05) is 50.2 Å². The molecule has 1 N–H and O–H groups in total. The molecule has 31 heavy (non-hydrogen) atoms. The highest BCUT2D eigenvalue weighted by atomic mass is 16.5. The highest BCUT2D eigenvalue weighted by molar-refractivity contribution is 6.09. The molecule has 6 nitrogen and oxygen atoms in total. The van der Waals surface area contributed by atoms with Crippen LogP contribution in [0.2, 0.25) is 0 Å². The van der Waals surface area contributed by atoms with E-state index >= 15 is 0 Å². The molecule has 1 atom stereocenters. The number of nitrogens with zero attached hydrogens (tertiary/aromatic N) is 1. The Morgan fingerprint density at radius 2 is 1.84 bits per heavy atom. The van der Waals surface area contributed by atoms with Gasteiger partial charge in [0.25, 0.3) is 5.91 Å². The van der Waals surface area contributed by atoms with Crippen LogP contribution < -0.4 is 9.47 Å². The summed E-state index contributed by atoms with van der Waals surface area (Å²) in [4.78, 5) is 27.6. The number of Topliss-reactive ketones (excluding diaryl/α,β-unsaturated/α-hetero) is 1. The number of methoxy groups -OCH3 is 1. The number of rotatable bonds is 10. The fourth-order valence-electron chi connectivity index (χ4n) is 3.93. The number of benzene rings is 2. The quantitative estimate of drug-likeness (QED) is 0.613. The monoisotopic (exact) mass is 423 g/mol. The Hall–Kier alpha value is -3.28. The molecule has 3 rings (SSSR count). The first kappa shape index (κ1) is 22.4. The van der Waals surface area contributed by atoms with Gasteiger partial charge in [-0.1, -0.05) is 43.3 Å². The van der Waals surface area contributed by atoms with E-state index in [0.29, 0.717) is 43.1 Å². The second-order valence-corrected chi connectivity index (χ2v) is 7.42. The summed E-state index contributed by atoms with van der Waals surface area (Å²) in [6, 6.07) is 14.4. The lowest BCUT2D eigenvalue weighted by molar-refractivity contribution is -0.129. The minimum Gasteiger partial charge on any atom is -0.503 e. The normalized spacial score (nSPS) is 16.0. The van der Waals surface area contributed by atoms with Gasteiger partial charge in [0, 0.05) is 13.0 Å². The molecule has 1 aliphatic heterocycles. The van der Waals surface area contributed by atoms with Gasteiger partial charge >= 0.3 is 0 Å². The van der Waals surface area contributed by atoms with Crippen molar-refractivity contribution in [1.82, 2.24) is 4.90 Å². The SMILES string of the molecule is CCCN1C(=O)C(O)=C(C(=O)CCc2ccccc2)C1c1ccc(OC)c(OCC)c1. The molecule has 1 heterocycles. The molecule has 0 fully saturated rings. The molecule has 2 aromatic rings. The molecule has 0 aromatic heterocycles. The first-order valence-electron chi connectivity index (χ1n) is 10.6. The van der Waals surface area contributed by atoms with Crippen molar-refractivity contribution < 1.29 is 24.2 Å². The van der Waals surface area contributed by atoms with Gasteiger partial charge in [-0.15, -0.1) is 0 Å². The smallest absolute Gasteiger partial charge is 0.290 e. The van der Waals surface area contributed by atoms with E-state index in [4.69, 9.17) is 9.47 Å². The Balaban J connectivity index is 1.96. The van der Waals surface area contributed by atoms with E-state index in [9.17, 15) is 14.7 Å². The lowest BCUT2D eigenvalue weighted by atomic mass is 9.93. The number of aliphatic hydroxyl groups excluding tert-OH is 1. The highest BCUT2D eigenvalue weighted by Gasteiger charge is 2.43. The molecule has 0 radical (unpaired) electrons. The summed E-state index contributed by atoms with van der Waals surface area (Å²) < 4.78 is 11.0. The number of carbonyl (C=O) groups is 2. The van der Waals surface area contributed by atoms with Gasteiger partial charge in [-0.3, -0.25) is 9.59 Å². The number of aryl methyl sites for hydroxylation is 1. The molecule has 0 spiro atoms. The van der Waals surface area contributed by atoms with Crippen molar-refractivity contribution in [3.05, 3.63) is 71.0 Å². The van der Waals surface area contributed by atoms with Gasteiger partial charge in [-0.05, 0) is 43.0 Å². The Morgan fingerprint density at radius 1 is 1.10 bits per heavy atom. The van der Waals surface area contributed by atoms with Crippen LogP contribution in [-0.2, 0) is 16.0 Å². The molecule has 0 saturated carbocycles. The molecule has 0 aliphatic carbocycles. The van der Waals surface area contributed by atoms with Crippen molar-refractivity contribution in [3.8, 4) is 11.5 Å². The van der Waals surface area contributed by atoms with Gasteiger partial charge in [0.2, 0.25) is 0 Å². The fraction of sp³-hybridized carbons (Fsp3) is 0.360. The van der Waals surface area contributed by atoms with Crippen LogP contribution in [0.5, 0.6) is 11.5 Å². The molecule has 2 aromatic carbocycles. The second-order valence-electron chi connectivity index (χ2n) is 7.42.